The van der Waals surface area contributed by atoms with E-state index in [1.165, 1.54) is 0 Å². The highest BCUT2D eigenvalue weighted by Gasteiger charge is 2.37. The second kappa shape index (κ2) is 4.78. The minimum absolute atomic E-state index is 0.108. The van der Waals surface area contributed by atoms with Crippen molar-refractivity contribution < 1.29 is 18.8 Å². The Morgan fingerprint density at radius 2 is 2.28 bits per heavy atom. The van der Waals surface area contributed by atoms with Gasteiger partial charge in [0.05, 0.1) is 13.2 Å². The van der Waals surface area contributed by atoms with E-state index in [-0.39, 0.29) is 11.9 Å². The van der Waals surface area contributed by atoms with Crippen LogP contribution in [0.25, 0.3) is 0 Å². The van der Waals surface area contributed by atoms with Crippen molar-refractivity contribution in [1.29, 1.82) is 0 Å². The summed E-state index contributed by atoms with van der Waals surface area (Å²) < 4.78 is 15.9. The number of nitrogens with zero attached hydrogens (tertiary/aromatic N) is 2. The first-order valence-electron chi connectivity index (χ1n) is 6.26. The van der Waals surface area contributed by atoms with Crippen LogP contribution < -0.4 is 0 Å². The maximum absolute atomic E-state index is 11.8. The maximum atomic E-state index is 11.8. The third-order valence-electron chi connectivity index (χ3n) is 3.48. The number of ketones is 1. The number of rotatable bonds is 4. The smallest absolute Gasteiger partial charge is 0.239 e. The van der Waals surface area contributed by atoms with Crippen LogP contribution in [-0.2, 0) is 14.3 Å². The molecule has 3 rings (SSSR count). The average Bonchev–Trinajstić information content (AvgIpc) is 3.09. The van der Waals surface area contributed by atoms with Gasteiger partial charge in [0.2, 0.25) is 11.7 Å². The van der Waals surface area contributed by atoms with Crippen molar-refractivity contribution in [2.24, 2.45) is 5.92 Å². The molecule has 1 aromatic heterocycles. The van der Waals surface area contributed by atoms with E-state index in [4.69, 9.17) is 14.0 Å². The molecule has 6 heteroatoms. The molecule has 2 fully saturated rings. The zero-order valence-corrected chi connectivity index (χ0v) is 10.3. The van der Waals surface area contributed by atoms with E-state index in [2.05, 4.69) is 10.1 Å². The summed E-state index contributed by atoms with van der Waals surface area (Å²) >= 11 is 0. The van der Waals surface area contributed by atoms with Crippen LogP contribution >= 0.6 is 0 Å². The molecule has 0 spiro atoms. The second-order valence-electron chi connectivity index (χ2n) is 4.83. The molecule has 1 aliphatic heterocycles. The van der Waals surface area contributed by atoms with Gasteiger partial charge in [0.15, 0.2) is 0 Å². The molecule has 98 valence electrons. The van der Waals surface area contributed by atoms with E-state index in [1.54, 1.807) is 7.11 Å². The molecule has 2 aliphatic rings. The molecule has 1 saturated heterocycles. The summed E-state index contributed by atoms with van der Waals surface area (Å²) in [5, 5.41) is 3.94. The zero-order valence-electron chi connectivity index (χ0n) is 10.3. The SMILES string of the molecule is COC(c1noc(C2COCCC2=O)n1)C1CC1. The molecule has 0 aromatic carbocycles. The molecule has 0 radical (unpaired) electrons. The number of methoxy groups -OCH3 is 1. The van der Waals surface area contributed by atoms with Crippen LogP contribution in [0.2, 0.25) is 0 Å². The minimum Gasteiger partial charge on any atom is -0.380 e. The molecule has 1 aromatic rings. The van der Waals surface area contributed by atoms with Crippen molar-refractivity contribution in [3.05, 3.63) is 11.7 Å². The lowest BCUT2D eigenvalue weighted by molar-refractivity contribution is -0.127. The Balaban J connectivity index is 1.77. The Hall–Kier alpha value is -1.27. The number of hydrogen-bond donors (Lipinski definition) is 0. The summed E-state index contributed by atoms with van der Waals surface area (Å²) in [5.74, 6) is 1.10. The summed E-state index contributed by atoms with van der Waals surface area (Å²) in [4.78, 5) is 16.1. The number of carbonyl (C=O) groups is 1. The molecule has 0 N–H and O–H groups in total. The average molecular weight is 252 g/mol. The van der Waals surface area contributed by atoms with Gasteiger partial charge in [-0.05, 0) is 18.8 Å². The van der Waals surface area contributed by atoms with Crippen LogP contribution in [0.1, 0.15) is 43.0 Å². The van der Waals surface area contributed by atoms with Gasteiger partial charge in [-0.15, -0.1) is 0 Å². The highest BCUT2D eigenvalue weighted by molar-refractivity contribution is 5.85. The zero-order chi connectivity index (χ0) is 12.5. The van der Waals surface area contributed by atoms with E-state index in [0.717, 1.165) is 12.8 Å². The molecule has 2 unspecified atom stereocenters. The van der Waals surface area contributed by atoms with E-state index < -0.39 is 5.92 Å². The Morgan fingerprint density at radius 3 is 2.94 bits per heavy atom. The fourth-order valence-corrected chi connectivity index (χ4v) is 2.26. The molecular weight excluding hydrogens is 236 g/mol. The van der Waals surface area contributed by atoms with Crippen molar-refractivity contribution in [3.8, 4) is 0 Å². The van der Waals surface area contributed by atoms with Crippen LogP contribution in [0.15, 0.2) is 4.52 Å². The predicted molar refractivity (Wildman–Crippen MR) is 60.0 cm³/mol. The van der Waals surface area contributed by atoms with Crippen molar-refractivity contribution in [2.45, 2.75) is 31.3 Å². The van der Waals surface area contributed by atoms with Crippen LogP contribution in [-0.4, -0.2) is 36.2 Å². The van der Waals surface area contributed by atoms with Gasteiger partial charge in [0, 0.05) is 13.5 Å². The van der Waals surface area contributed by atoms with Crippen LogP contribution in [0, 0.1) is 5.92 Å². The quantitative estimate of drug-likeness (QED) is 0.802. The van der Waals surface area contributed by atoms with E-state index in [1.807, 2.05) is 0 Å². The molecule has 2 atom stereocenters. The van der Waals surface area contributed by atoms with Gasteiger partial charge in [-0.25, -0.2) is 0 Å². The summed E-state index contributed by atoms with van der Waals surface area (Å²) in [6.45, 7) is 0.820. The first-order valence-corrected chi connectivity index (χ1v) is 6.26. The fraction of sp³-hybridized carbons (Fsp3) is 0.750. The van der Waals surface area contributed by atoms with Crippen LogP contribution in [0.3, 0.4) is 0 Å². The molecule has 1 aliphatic carbocycles. The Labute approximate surface area is 105 Å². The van der Waals surface area contributed by atoms with Crippen molar-refractivity contribution in [3.63, 3.8) is 0 Å². The highest BCUT2D eigenvalue weighted by atomic mass is 16.5. The van der Waals surface area contributed by atoms with Gasteiger partial charge in [-0.2, -0.15) is 4.98 Å². The summed E-state index contributed by atoms with van der Waals surface area (Å²) in [6, 6.07) is 0. The highest BCUT2D eigenvalue weighted by Crippen LogP contribution is 2.42. The second-order valence-corrected chi connectivity index (χ2v) is 4.83. The molecule has 2 heterocycles. The largest absolute Gasteiger partial charge is 0.380 e. The van der Waals surface area contributed by atoms with Gasteiger partial charge in [0.1, 0.15) is 17.8 Å². The third-order valence-corrected chi connectivity index (χ3v) is 3.48. The lowest BCUT2D eigenvalue weighted by Crippen LogP contribution is -2.25. The van der Waals surface area contributed by atoms with E-state index in [9.17, 15) is 4.79 Å². The monoisotopic (exact) mass is 252 g/mol. The lowest BCUT2D eigenvalue weighted by atomic mass is 10.0. The molecule has 18 heavy (non-hydrogen) atoms. The fourth-order valence-electron chi connectivity index (χ4n) is 2.26. The summed E-state index contributed by atoms with van der Waals surface area (Å²) in [7, 11) is 1.65. The number of ether oxygens (including phenoxy) is 2. The number of aromatic nitrogens is 2. The van der Waals surface area contributed by atoms with Gasteiger partial charge < -0.3 is 14.0 Å². The van der Waals surface area contributed by atoms with Crippen LogP contribution in [0.5, 0.6) is 0 Å². The lowest BCUT2D eigenvalue weighted by Gasteiger charge is -2.17. The number of carbonyl (C=O) groups excluding carboxylic acids is 1. The standard InChI is InChI=1S/C12H16N2O4/c1-16-10(7-2-3-7)11-13-12(18-14-11)8-6-17-5-4-9(8)15/h7-8,10H,2-6H2,1H3. The van der Waals surface area contributed by atoms with Crippen LogP contribution in [0.4, 0.5) is 0 Å². The van der Waals surface area contributed by atoms with Gasteiger partial charge in [-0.3, -0.25) is 4.79 Å². The van der Waals surface area contributed by atoms with Gasteiger partial charge in [-0.1, -0.05) is 5.16 Å². The Morgan fingerprint density at radius 1 is 1.44 bits per heavy atom. The number of Topliss-reactive ketones (excluding diaryl/α,β-unsaturated/α-hetero) is 1. The van der Waals surface area contributed by atoms with Crippen molar-refractivity contribution in [2.75, 3.05) is 20.3 Å². The molecule has 1 saturated carbocycles. The first-order chi connectivity index (χ1) is 8.79. The maximum Gasteiger partial charge on any atom is 0.239 e. The van der Waals surface area contributed by atoms with Gasteiger partial charge >= 0.3 is 0 Å². The Bertz CT molecular complexity index is 441. The summed E-state index contributed by atoms with van der Waals surface area (Å²) in [6.07, 6.45) is 2.57. The molecule has 0 amide bonds. The van der Waals surface area contributed by atoms with E-state index in [0.29, 0.717) is 37.3 Å². The van der Waals surface area contributed by atoms with Gasteiger partial charge in [0.25, 0.3) is 0 Å². The van der Waals surface area contributed by atoms with Crippen molar-refractivity contribution in [1.82, 2.24) is 10.1 Å². The molecule has 6 nitrogen and oxygen atoms in total. The molecular formula is C12H16N2O4. The third kappa shape index (κ3) is 2.18. The predicted octanol–water partition coefficient (Wildman–Crippen LogP) is 1.24. The Kier molecular flexibility index (Phi) is 3.13. The molecule has 0 bridgehead atoms. The topological polar surface area (TPSA) is 74.5 Å². The normalized spacial score (nSPS) is 26.3. The van der Waals surface area contributed by atoms with Crippen molar-refractivity contribution >= 4 is 5.78 Å². The first kappa shape index (κ1) is 11.8. The minimum atomic E-state index is -0.406. The van der Waals surface area contributed by atoms with E-state index >= 15 is 0 Å². The number of hydrogen-bond acceptors (Lipinski definition) is 6. The summed E-state index contributed by atoms with van der Waals surface area (Å²) in [5.41, 5.74) is 0.